The Hall–Kier alpha value is -1.18. The molecular formula is C11H13Cl2N5OS. The van der Waals surface area contributed by atoms with Crippen LogP contribution in [0, 0.1) is 0 Å². The molecule has 0 aliphatic rings. The van der Waals surface area contributed by atoms with Crippen LogP contribution < -0.4 is 5.73 Å². The van der Waals surface area contributed by atoms with E-state index < -0.39 is 10.8 Å². The van der Waals surface area contributed by atoms with E-state index in [0.29, 0.717) is 39.4 Å². The lowest BCUT2D eigenvalue weighted by Crippen LogP contribution is -2.06. The highest BCUT2D eigenvalue weighted by Crippen LogP contribution is 2.32. The summed E-state index contributed by atoms with van der Waals surface area (Å²) in [5.41, 5.74) is 6.85. The lowest BCUT2D eigenvalue weighted by Gasteiger charge is -2.07. The zero-order valence-corrected chi connectivity index (χ0v) is 13.0. The highest BCUT2D eigenvalue weighted by atomic mass is 35.5. The summed E-state index contributed by atoms with van der Waals surface area (Å²) in [6, 6.07) is 3.34. The zero-order chi connectivity index (χ0) is 14.7. The summed E-state index contributed by atoms with van der Waals surface area (Å²) in [6.07, 6.45) is 2.39. The highest BCUT2D eigenvalue weighted by molar-refractivity contribution is 7.84. The zero-order valence-electron chi connectivity index (χ0n) is 10.7. The lowest BCUT2D eigenvalue weighted by molar-refractivity contribution is 0.583. The third kappa shape index (κ3) is 3.47. The normalized spacial score (nSPS) is 12.6. The van der Waals surface area contributed by atoms with Gasteiger partial charge in [0.15, 0.2) is 5.82 Å². The molecule has 2 N–H and O–H groups in total. The molecule has 1 aromatic carbocycles. The van der Waals surface area contributed by atoms with E-state index in [2.05, 4.69) is 15.5 Å². The molecule has 0 bridgehead atoms. The first-order valence-corrected chi connectivity index (χ1v) is 8.28. The van der Waals surface area contributed by atoms with E-state index in [4.69, 9.17) is 28.9 Å². The lowest BCUT2D eigenvalue weighted by atomic mass is 10.2. The fraction of sp³-hybridized carbons (Fsp3) is 0.364. The Kier molecular flexibility index (Phi) is 4.95. The summed E-state index contributed by atoms with van der Waals surface area (Å²) in [7, 11) is -0.829. The first-order chi connectivity index (χ1) is 9.49. The predicted octanol–water partition coefficient (Wildman–Crippen LogP) is 2.00. The topological polar surface area (TPSA) is 86.7 Å². The van der Waals surface area contributed by atoms with Crippen LogP contribution in [0.15, 0.2) is 12.1 Å². The molecule has 0 aliphatic heterocycles. The van der Waals surface area contributed by atoms with Gasteiger partial charge in [0.1, 0.15) is 0 Å². The third-order valence-electron chi connectivity index (χ3n) is 2.65. The Balaban J connectivity index is 2.25. The molecular weight excluding hydrogens is 321 g/mol. The molecule has 20 heavy (non-hydrogen) atoms. The number of halogens is 2. The Morgan fingerprint density at radius 2 is 2.15 bits per heavy atom. The van der Waals surface area contributed by atoms with Gasteiger partial charge in [0, 0.05) is 34.9 Å². The van der Waals surface area contributed by atoms with Crippen LogP contribution in [-0.4, -0.2) is 36.4 Å². The summed E-state index contributed by atoms with van der Waals surface area (Å²) in [6.45, 7) is 0.571. The number of aromatic nitrogens is 4. The number of anilines is 1. The van der Waals surface area contributed by atoms with Crippen molar-refractivity contribution < 1.29 is 4.21 Å². The first-order valence-electron chi connectivity index (χ1n) is 5.80. The van der Waals surface area contributed by atoms with Gasteiger partial charge in [-0.2, -0.15) is 0 Å². The maximum atomic E-state index is 11.1. The average Bonchev–Trinajstić information content (AvgIpc) is 2.83. The van der Waals surface area contributed by atoms with Gasteiger partial charge in [0.05, 0.1) is 15.7 Å². The van der Waals surface area contributed by atoms with Crippen molar-refractivity contribution in [2.75, 3.05) is 17.7 Å². The molecule has 0 amide bonds. The van der Waals surface area contributed by atoms with Gasteiger partial charge in [-0.3, -0.25) is 4.21 Å². The smallest absolute Gasteiger partial charge is 0.182 e. The molecule has 0 saturated heterocycles. The maximum Gasteiger partial charge on any atom is 0.182 e. The van der Waals surface area contributed by atoms with Crippen molar-refractivity contribution in [3.8, 4) is 11.4 Å². The van der Waals surface area contributed by atoms with Crippen molar-refractivity contribution in [3.05, 3.63) is 22.2 Å². The minimum atomic E-state index is -0.829. The minimum Gasteiger partial charge on any atom is -0.397 e. The summed E-state index contributed by atoms with van der Waals surface area (Å²) in [5, 5.41) is 12.2. The van der Waals surface area contributed by atoms with Crippen LogP contribution in [0.25, 0.3) is 11.4 Å². The van der Waals surface area contributed by atoms with Gasteiger partial charge in [-0.1, -0.05) is 23.2 Å². The number of hydrogen-bond donors (Lipinski definition) is 1. The van der Waals surface area contributed by atoms with Crippen LogP contribution in [0.3, 0.4) is 0 Å². The number of hydrogen-bond acceptors (Lipinski definition) is 5. The molecule has 0 fully saturated rings. The second-order valence-electron chi connectivity index (χ2n) is 4.22. The van der Waals surface area contributed by atoms with Crippen LogP contribution in [-0.2, 0) is 17.3 Å². The van der Waals surface area contributed by atoms with Crippen LogP contribution in [0.5, 0.6) is 0 Å². The van der Waals surface area contributed by atoms with E-state index in [1.54, 1.807) is 23.1 Å². The Morgan fingerprint density at radius 1 is 1.40 bits per heavy atom. The molecule has 1 unspecified atom stereocenters. The molecule has 1 aromatic heterocycles. The second kappa shape index (κ2) is 6.51. The Morgan fingerprint density at radius 3 is 2.80 bits per heavy atom. The van der Waals surface area contributed by atoms with Crippen molar-refractivity contribution in [3.63, 3.8) is 0 Å². The number of tetrazole rings is 1. The van der Waals surface area contributed by atoms with E-state index in [9.17, 15) is 4.21 Å². The largest absolute Gasteiger partial charge is 0.397 e. The monoisotopic (exact) mass is 333 g/mol. The molecule has 1 heterocycles. The molecule has 6 nitrogen and oxygen atoms in total. The highest BCUT2D eigenvalue weighted by Gasteiger charge is 2.13. The van der Waals surface area contributed by atoms with Gasteiger partial charge in [0.25, 0.3) is 0 Å². The molecule has 1 atom stereocenters. The van der Waals surface area contributed by atoms with Gasteiger partial charge < -0.3 is 5.73 Å². The molecule has 108 valence electrons. The van der Waals surface area contributed by atoms with Crippen LogP contribution in [0.1, 0.15) is 6.42 Å². The SMILES string of the molecule is CS(=O)CCCn1nnnc1-c1cc(N)c(Cl)c(Cl)c1. The van der Waals surface area contributed by atoms with Gasteiger partial charge >= 0.3 is 0 Å². The van der Waals surface area contributed by atoms with E-state index in [-0.39, 0.29) is 0 Å². The molecule has 0 saturated carbocycles. The second-order valence-corrected chi connectivity index (χ2v) is 6.56. The average molecular weight is 334 g/mol. The van der Waals surface area contributed by atoms with Gasteiger partial charge in [-0.05, 0) is 29.0 Å². The van der Waals surface area contributed by atoms with Crippen LogP contribution in [0.2, 0.25) is 10.0 Å². The van der Waals surface area contributed by atoms with E-state index >= 15 is 0 Å². The van der Waals surface area contributed by atoms with Crippen molar-refractivity contribution in [1.82, 2.24) is 20.2 Å². The summed E-state index contributed by atoms with van der Waals surface area (Å²) in [4.78, 5) is 0. The molecule has 0 radical (unpaired) electrons. The van der Waals surface area contributed by atoms with E-state index in [0.717, 1.165) is 6.42 Å². The minimum absolute atomic E-state index is 0.316. The molecule has 2 aromatic rings. The van der Waals surface area contributed by atoms with Crippen LogP contribution >= 0.6 is 23.2 Å². The summed E-state index contributed by atoms with van der Waals surface area (Å²) in [5.74, 6) is 1.15. The fourth-order valence-corrected chi connectivity index (χ4v) is 2.59. The van der Waals surface area contributed by atoms with Gasteiger partial charge in [-0.25, -0.2) is 4.68 Å². The van der Waals surface area contributed by atoms with Crippen molar-refractivity contribution in [1.29, 1.82) is 0 Å². The standard InChI is InChI=1S/C11H13Cl2N5OS/c1-20(19)4-2-3-18-11(15-16-17-18)7-5-8(12)10(13)9(14)6-7/h5-6H,2-4,14H2,1H3. The predicted molar refractivity (Wildman–Crippen MR) is 81.2 cm³/mol. The number of benzene rings is 1. The van der Waals surface area contributed by atoms with Gasteiger partial charge in [0.2, 0.25) is 0 Å². The van der Waals surface area contributed by atoms with Crippen molar-refractivity contribution in [2.24, 2.45) is 0 Å². The van der Waals surface area contributed by atoms with Crippen molar-refractivity contribution in [2.45, 2.75) is 13.0 Å². The molecule has 2 rings (SSSR count). The number of aryl methyl sites for hydroxylation is 1. The van der Waals surface area contributed by atoms with Crippen LogP contribution in [0.4, 0.5) is 5.69 Å². The molecule has 0 aliphatic carbocycles. The number of rotatable bonds is 5. The number of nitrogen functional groups attached to an aromatic ring is 1. The summed E-state index contributed by atoms with van der Waals surface area (Å²) >= 11 is 11.9. The number of nitrogens with zero attached hydrogens (tertiary/aromatic N) is 4. The Bertz CT molecular complexity index is 622. The van der Waals surface area contributed by atoms with E-state index in [1.807, 2.05) is 0 Å². The van der Waals surface area contributed by atoms with Gasteiger partial charge in [-0.15, -0.1) is 5.10 Å². The number of nitrogens with two attached hydrogens (primary N) is 1. The molecule has 0 spiro atoms. The fourth-order valence-electron chi connectivity index (χ4n) is 1.72. The Labute approximate surface area is 128 Å². The summed E-state index contributed by atoms with van der Waals surface area (Å²) < 4.78 is 12.7. The van der Waals surface area contributed by atoms with E-state index in [1.165, 1.54) is 0 Å². The quantitative estimate of drug-likeness (QED) is 0.845. The first kappa shape index (κ1) is 15.2. The van der Waals surface area contributed by atoms with Crippen molar-refractivity contribution >= 4 is 39.7 Å². The molecule has 9 heteroatoms. The maximum absolute atomic E-state index is 11.1. The third-order valence-corrected chi connectivity index (χ3v) is 4.33.